The summed E-state index contributed by atoms with van der Waals surface area (Å²) in [6.45, 7) is 8.23. The number of rotatable bonds is 40. The molecule has 0 bridgehead atoms. The van der Waals surface area contributed by atoms with Gasteiger partial charge in [0.2, 0.25) is 59.1 Å². The Morgan fingerprint density at radius 2 is 1.27 bits per heavy atom. The van der Waals surface area contributed by atoms with Gasteiger partial charge in [-0.25, -0.2) is 10.4 Å². The van der Waals surface area contributed by atoms with E-state index in [4.69, 9.17) is 21.4 Å². The van der Waals surface area contributed by atoms with Crippen LogP contribution in [0.1, 0.15) is 127 Å². The standard InChI is InChI=1S/C71H93N15O11S.C2HF3O2/c1-7-44(4)54(31-34-61(88)85-84-56(65(73)91)36-46-25-26-46)81-69(95)58(38-49-40-74-42-78-49)80-62(89)41-77-71(97)64(43(2)3)83-66(92)45(5)79-68(94)57(37-48-39-76-55-23-15-14-22-53(48)55)82-70(96)59(32-33-60(72)87)86(6)63(90)24-16-17-35-75-67(93)47-27-29-52(30-28-47)98(50-18-10-8-11-19-50)51-20-12-9-13-21-51;3-2(4,5)1(6)7/h8-15,18-23,27-30,39-40,42-46,54,56-59,64,76,84H,7,16-17,24-26,31-38,41H2,1-6H3,(H12-,72,73,74,75,77,78,79,80,81,82,83,85,87,88,89,91,92,93,94,95,96,97);(H,6,7)/t44-,45-,54+,56-,57-,58-,59-,64-;/m0./s1. The Kier molecular flexibility index (Phi) is 32.5. The largest absolute Gasteiger partial charge is 0.542 e. The van der Waals surface area contributed by atoms with Crippen molar-refractivity contribution in [2.24, 2.45) is 29.2 Å². The normalized spacial score (nSPS) is 14.2. The first kappa shape index (κ1) is 83.3. The molecular weight excluding hydrogens is 1380 g/mol. The van der Waals surface area contributed by atoms with Crippen LogP contribution in [0.2, 0.25) is 0 Å². The molecule has 2 heterocycles. The summed E-state index contributed by atoms with van der Waals surface area (Å²) in [5, 5.41) is 28.8. The average molecular weight is 1480 g/mol. The highest BCUT2D eigenvalue weighted by atomic mass is 32.2. The number of carboxylic acids is 1. The van der Waals surface area contributed by atoms with Crippen LogP contribution >= 0.6 is 0 Å². The van der Waals surface area contributed by atoms with Gasteiger partial charge in [-0.05, 0) is 117 Å². The summed E-state index contributed by atoms with van der Waals surface area (Å²) in [4.78, 5) is 172. The van der Waals surface area contributed by atoms with Crippen LogP contribution in [-0.4, -0.2) is 159 Å². The average Bonchev–Trinajstić information content (AvgIpc) is 1.61. The highest BCUT2D eigenvalue weighted by Crippen LogP contribution is 2.34. The first-order valence-corrected chi connectivity index (χ1v) is 35.9. The number of halogens is 3. The predicted octanol–water partition coefficient (Wildman–Crippen LogP) is 3.08. The first-order chi connectivity index (χ1) is 49.9. The third-order valence-electron chi connectivity index (χ3n) is 17.6. The van der Waals surface area contributed by atoms with E-state index in [0.29, 0.717) is 48.4 Å². The molecule has 105 heavy (non-hydrogen) atoms. The lowest BCUT2D eigenvalue weighted by Gasteiger charge is -2.30. The number of benzene rings is 4. The number of primary amides is 2. The van der Waals surface area contributed by atoms with E-state index in [9.17, 15) is 65.9 Å². The van der Waals surface area contributed by atoms with Gasteiger partial charge in [0.05, 0.1) is 23.8 Å². The highest BCUT2D eigenvalue weighted by Gasteiger charge is 2.36. The third kappa shape index (κ3) is 27.2. The van der Waals surface area contributed by atoms with Crippen molar-refractivity contribution in [3.8, 4) is 0 Å². The van der Waals surface area contributed by atoms with Crippen molar-refractivity contribution in [1.29, 1.82) is 0 Å². The van der Waals surface area contributed by atoms with Gasteiger partial charge in [0, 0.05) is 86.3 Å². The van der Waals surface area contributed by atoms with E-state index >= 15 is 0 Å². The van der Waals surface area contributed by atoms with E-state index in [1.165, 1.54) is 31.4 Å². The zero-order valence-corrected chi connectivity index (χ0v) is 60.2. The summed E-state index contributed by atoms with van der Waals surface area (Å²) >= 11 is 0. The van der Waals surface area contributed by atoms with Crippen molar-refractivity contribution in [2.45, 2.75) is 181 Å². The van der Waals surface area contributed by atoms with Gasteiger partial charge in [0.15, 0.2) is 14.7 Å². The highest BCUT2D eigenvalue weighted by molar-refractivity contribution is 7.97. The Bertz CT molecular complexity index is 3860. The molecule has 15 N–H and O–H groups in total. The van der Waals surface area contributed by atoms with Gasteiger partial charge in [-0.1, -0.05) is 102 Å². The number of H-pyrrole nitrogens is 2. The lowest BCUT2D eigenvalue weighted by atomic mass is 9.94. The molecule has 2 aromatic heterocycles. The molecule has 1 aliphatic rings. The molecular formula is C73H94F3N15O13S. The molecule has 0 spiro atoms. The molecule has 1 saturated carbocycles. The molecule has 6 aromatic rings. The van der Waals surface area contributed by atoms with Gasteiger partial charge in [0.25, 0.3) is 5.91 Å². The number of para-hydroxylation sites is 1. The maximum atomic E-state index is 14.5. The van der Waals surface area contributed by atoms with E-state index in [2.05, 4.69) is 87.3 Å². The Morgan fingerprint density at radius 1 is 0.657 bits per heavy atom. The van der Waals surface area contributed by atoms with E-state index in [1.54, 1.807) is 32.2 Å². The van der Waals surface area contributed by atoms with Gasteiger partial charge >= 0.3 is 6.18 Å². The van der Waals surface area contributed by atoms with E-state index in [0.717, 1.165) is 38.4 Å². The number of hydrogen-bond donors (Lipinski definition) is 13. The summed E-state index contributed by atoms with van der Waals surface area (Å²) in [5.41, 5.74) is 18.8. The number of imidazole rings is 1. The molecule has 1 fully saturated rings. The topological polar surface area (TPSA) is 436 Å². The molecule has 4 aromatic carbocycles. The lowest BCUT2D eigenvalue weighted by Crippen LogP contribution is -2.59. The van der Waals surface area contributed by atoms with Crippen LogP contribution in [0, 0.1) is 17.8 Å². The number of unbranched alkanes of at least 4 members (excludes halogenated alkanes) is 1. The minimum Gasteiger partial charge on any atom is -0.542 e. The number of aromatic nitrogens is 3. The number of amides is 11. The summed E-state index contributed by atoms with van der Waals surface area (Å²) in [6, 6.07) is 27.6. The molecule has 8 atom stereocenters. The quantitative estimate of drug-likeness (QED) is 0.0149. The number of nitrogens with one attached hydrogen (secondary N) is 11. The van der Waals surface area contributed by atoms with Gasteiger partial charge in [0.1, 0.15) is 42.2 Å². The number of hydrazine groups is 1. The van der Waals surface area contributed by atoms with Crippen LogP contribution in [0.3, 0.4) is 0 Å². The predicted molar refractivity (Wildman–Crippen MR) is 381 cm³/mol. The maximum absolute atomic E-state index is 14.5. The number of carbonyl (C=O) groups is 12. The van der Waals surface area contributed by atoms with E-state index in [-0.39, 0.29) is 74.2 Å². The van der Waals surface area contributed by atoms with Gasteiger partial charge in [-0.15, -0.1) is 0 Å². The molecule has 11 amide bonds. The zero-order chi connectivity index (χ0) is 76.9. The molecule has 0 radical (unpaired) electrons. The van der Waals surface area contributed by atoms with Crippen molar-refractivity contribution < 1.29 is 75.8 Å². The first-order valence-electron chi connectivity index (χ1n) is 34.6. The third-order valence-corrected chi connectivity index (χ3v) is 19.8. The number of carbonyl (C=O) groups excluding carboxylic acids is 12. The van der Waals surface area contributed by atoms with Crippen LogP contribution in [0.15, 0.2) is 143 Å². The van der Waals surface area contributed by atoms with Crippen LogP contribution in [0.4, 0.5) is 13.2 Å². The van der Waals surface area contributed by atoms with Gasteiger partial charge in [-0.3, -0.25) is 58.2 Å². The number of aromatic amines is 2. The van der Waals surface area contributed by atoms with Crippen LogP contribution < -0.4 is 64.6 Å². The Balaban J connectivity index is 0.00000234. The van der Waals surface area contributed by atoms with E-state index in [1.807, 2.05) is 86.6 Å². The van der Waals surface area contributed by atoms with Gasteiger partial charge < -0.3 is 73.5 Å². The van der Waals surface area contributed by atoms with Crippen molar-refractivity contribution in [2.75, 3.05) is 20.1 Å². The number of nitrogens with zero attached hydrogens (tertiary/aromatic N) is 2. The number of carboxylic acid groups (broad SMARTS) is 1. The second-order valence-corrected chi connectivity index (χ2v) is 28.1. The van der Waals surface area contributed by atoms with Crippen LogP contribution in [-0.2, 0) is 76.5 Å². The summed E-state index contributed by atoms with van der Waals surface area (Å²) in [6.07, 6.45) is 2.99. The Labute approximate surface area is 609 Å². The zero-order valence-electron chi connectivity index (χ0n) is 59.4. The SMILES string of the molecule is CC[C@H](C)[C@@H](CCC(=O)NN[C@@H](CC1CC1)C(N)=O)NC(=O)[C@H](Cc1cnc[nH]1)NC(=O)CNC(=O)[C@@H](NC(=O)[C@H](C)NC(=O)[C@H](Cc1c[nH]c2ccccc12)NC(=O)[C@H](CCC(N)=O)N(C)C(=O)CCCCNC(=O)c1ccc([S+](c2ccccc2)c2ccccc2)cc1)C(C)C.O=C([O-])C(F)(F)F. The second kappa shape index (κ2) is 41.0. The molecule has 32 heteroatoms. The number of likely N-dealkylation sites (N-methyl/N-ethyl adjacent to an activating group) is 1. The minimum atomic E-state index is -5.19. The van der Waals surface area contributed by atoms with Crippen molar-refractivity contribution >= 4 is 92.7 Å². The summed E-state index contributed by atoms with van der Waals surface area (Å²) in [5.74, 6) is -10.1. The summed E-state index contributed by atoms with van der Waals surface area (Å²) < 4.78 is 31.5. The molecule has 1 aliphatic carbocycles. The number of alkyl halides is 3. The smallest absolute Gasteiger partial charge is 0.430 e. The molecule has 566 valence electrons. The fourth-order valence-corrected chi connectivity index (χ4v) is 13.2. The monoisotopic (exact) mass is 1480 g/mol. The van der Waals surface area contributed by atoms with Crippen LogP contribution in [0.25, 0.3) is 10.9 Å². The number of nitrogens with two attached hydrogens (primary N) is 2. The van der Waals surface area contributed by atoms with Crippen LogP contribution in [0.5, 0.6) is 0 Å². The fraction of sp³-hybridized carbons (Fsp3) is 0.438. The Hall–Kier alpha value is -10.6. The number of hydrogen-bond acceptors (Lipinski definition) is 15. The van der Waals surface area contributed by atoms with Crippen molar-refractivity contribution in [3.63, 3.8) is 0 Å². The molecule has 7 rings (SSSR count). The number of aliphatic carboxylic acids is 1. The van der Waals surface area contributed by atoms with Crippen molar-refractivity contribution in [1.82, 2.24) is 67.9 Å². The fourth-order valence-electron chi connectivity index (χ4n) is 11.2. The minimum absolute atomic E-state index is 0.00643. The molecule has 0 aliphatic heterocycles. The summed E-state index contributed by atoms with van der Waals surface area (Å²) in [7, 11) is 1.04. The van der Waals surface area contributed by atoms with Gasteiger partial charge in [-0.2, -0.15) is 13.2 Å². The Morgan fingerprint density at radius 3 is 1.85 bits per heavy atom. The second-order valence-electron chi connectivity index (χ2n) is 26.1. The maximum Gasteiger partial charge on any atom is 0.430 e. The molecule has 0 saturated heterocycles. The van der Waals surface area contributed by atoms with Crippen molar-refractivity contribution in [3.05, 3.63) is 145 Å². The lowest BCUT2D eigenvalue weighted by molar-refractivity contribution is -0.344. The molecule has 28 nitrogen and oxygen atoms in total. The van der Waals surface area contributed by atoms with E-state index < -0.39 is 126 Å². The molecule has 0 unspecified atom stereocenters. The number of fused-ring (bicyclic) bond motifs is 1.